The van der Waals surface area contributed by atoms with Gasteiger partial charge in [-0.1, -0.05) is 268 Å². The van der Waals surface area contributed by atoms with Gasteiger partial charge in [-0.3, -0.25) is 37.3 Å². The van der Waals surface area contributed by atoms with Crippen molar-refractivity contribution in [3.05, 3.63) is 60.8 Å². The summed E-state index contributed by atoms with van der Waals surface area (Å²) in [6.45, 7) is 4.82. The summed E-state index contributed by atoms with van der Waals surface area (Å²) in [5.74, 6) is -2.19. The van der Waals surface area contributed by atoms with Gasteiger partial charge in [-0.15, -0.1) is 0 Å². The molecular weight excluding hydrogens is 1260 g/mol. The fourth-order valence-corrected chi connectivity index (χ4v) is 12.1. The van der Waals surface area contributed by atoms with E-state index in [1.165, 1.54) is 116 Å². The van der Waals surface area contributed by atoms with E-state index in [-0.39, 0.29) is 25.7 Å². The largest absolute Gasteiger partial charge is 0.472 e. The minimum Gasteiger partial charge on any atom is -0.462 e. The van der Waals surface area contributed by atoms with Crippen molar-refractivity contribution >= 4 is 39.5 Å². The predicted octanol–water partition coefficient (Wildman–Crippen LogP) is 21.9. The van der Waals surface area contributed by atoms with Crippen LogP contribution in [-0.2, 0) is 65.4 Å². The SMILES string of the molecule is CCCCC/C=C\C/C=C\CCCCCCCC(=O)OC[C@H](COP(=O)(O)OC[C@H](O)COP(=O)(O)OC[C@@H](COC(=O)CCCCCCC/C=C\CCCCCC)OC(=O)CCCCCCC/C=C\C/C=C\CCCCC)OC(=O)CCCCCCCCCCCCCCC. The third-order valence-electron chi connectivity index (χ3n) is 16.5. The number of aliphatic hydroxyl groups excluding tert-OH is 1. The highest BCUT2D eigenvalue weighted by atomic mass is 31.2. The van der Waals surface area contributed by atoms with Crippen molar-refractivity contribution in [1.29, 1.82) is 0 Å². The summed E-state index contributed by atoms with van der Waals surface area (Å²) in [7, 11) is -9.94. The molecule has 0 bridgehead atoms. The van der Waals surface area contributed by atoms with E-state index in [0.29, 0.717) is 25.7 Å². The summed E-state index contributed by atoms with van der Waals surface area (Å²) < 4.78 is 68.5. The maximum Gasteiger partial charge on any atom is 0.472 e. The molecule has 96 heavy (non-hydrogen) atoms. The van der Waals surface area contributed by atoms with E-state index in [2.05, 4.69) is 88.5 Å². The number of unbranched alkanes of at least 4 members (excludes halogenated alkanes) is 37. The van der Waals surface area contributed by atoms with Crippen LogP contribution in [-0.4, -0.2) is 96.7 Å². The number of phosphoric acid groups is 2. The number of phosphoric ester groups is 2. The van der Waals surface area contributed by atoms with Crippen LogP contribution in [0.5, 0.6) is 0 Å². The molecule has 0 aromatic heterocycles. The Bertz CT molecular complexity index is 2060. The third-order valence-corrected chi connectivity index (χ3v) is 18.4. The molecule has 0 radical (unpaired) electrons. The van der Waals surface area contributed by atoms with Crippen molar-refractivity contribution in [3.63, 3.8) is 0 Å². The smallest absolute Gasteiger partial charge is 0.462 e. The molecule has 17 nitrogen and oxygen atoms in total. The van der Waals surface area contributed by atoms with Gasteiger partial charge < -0.3 is 33.8 Å². The number of rotatable bonds is 73. The molecule has 0 aliphatic rings. The first kappa shape index (κ1) is 92.8. The number of aliphatic hydroxyl groups is 1. The molecule has 0 amide bonds. The van der Waals surface area contributed by atoms with Crippen molar-refractivity contribution in [1.82, 2.24) is 0 Å². The first-order valence-electron chi connectivity index (χ1n) is 38.5. The van der Waals surface area contributed by atoms with Gasteiger partial charge in [-0.25, -0.2) is 9.13 Å². The van der Waals surface area contributed by atoms with E-state index in [4.69, 9.17) is 37.0 Å². The molecule has 560 valence electrons. The van der Waals surface area contributed by atoms with Gasteiger partial charge in [0.2, 0.25) is 0 Å². The maximum absolute atomic E-state index is 13.1. The number of carbonyl (C=O) groups excluding carboxylic acids is 4. The topological polar surface area (TPSA) is 237 Å². The highest BCUT2D eigenvalue weighted by Gasteiger charge is 2.30. The van der Waals surface area contributed by atoms with Crippen molar-refractivity contribution in [2.45, 2.75) is 367 Å². The number of hydrogen-bond acceptors (Lipinski definition) is 15. The molecule has 0 rings (SSSR count). The number of carbonyl (C=O) groups is 4. The summed E-state index contributed by atoms with van der Waals surface area (Å²) in [5, 5.41) is 10.6. The molecule has 0 heterocycles. The Labute approximate surface area is 584 Å². The van der Waals surface area contributed by atoms with Crippen LogP contribution in [0, 0.1) is 0 Å². The van der Waals surface area contributed by atoms with Crippen LogP contribution in [0.25, 0.3) is 0 Å². The van der Waals surface area contributed by atoms with Crippen molar-refractivity contribution in [2.24, 2.45) is 0 Å². The van der Waals surface area contributed by atoms with Gasteiger partial charge in [0.15, 0.2) is 12.2 Å². The molecule has 5 atom stereocenters. The van der Waals surface area contributed by atoms with Gasteiger partial charge in [0.25, 0.3) is 0 Å². The van der Waals surface area contributed by atoms with Gasteiger partial charge >= 0.3 is 39.5 Å². The van der Waals surface area contributed by atoms with Crippen molar-refractivity contribution < 1.29 is 80.2 Å². The second-order valence-electron chi connectivity index (χ2n) is 25.9. The molecule has 0 aromatic rings. The van der Waals surface area contributed by atoms with Crippen LogP contribution in [0.4, 0.5) is 0 Å². The molecule has 0 aliphatic carbocycles. The lowest BCUT2D eigenvalue weighted by molar-refractivity contribution is -0.161. The lowest BCUT2D eigenvalue weighted by atomic mass is 10.0. The number of hydrogen-bond donors (Lipinski definition) is 3. The molecule has 0 saturated carbocycles. The Balaban J connectivity index is 5.34. The number of allylic oxidation sites excluding steroid dienone is 10. The van der Waals surface area contributed by atoms with Gasteiger partial charge in [0.05, 0.1) is 26.4 Å². The van der Waals surface area contributed by atoms with Crippen LogP contribution in [0.1, 0.15) is 349 Å². The van der Waals surface area contributed by atoms with Gasteiger partial charge in [0, 0.05) is 25.7 Å². The van der Waals surface area contributed by atoms with E-state index in [0.717, 1.165) is 154 Å². The lowest BCUT2D eigenvalue weighted by Gasteiger charge is -2.21. The normalized spacial score (nSPS) is 14.3. The summed E-state index contributed by atoms with van der Waals surface area (Å²) in [6.07, 6.45) is 67.7. The second kappa shape index (κ2) is 70.2. The minimum atomic E-state index is -4.97. The standard InChI is InChI=1S/C77H140O17P2/c1-5-9-13-17-21-25-29-33-35-39-42-46-50-54-58-62-75(80)88-68-72(93-76(81)63-59-55-51-47-43-38-32-28-24-20-16-12-8-4)69-91-95(83,84)89-65-71(78)66-90-96(85,86)92-70-73(67-87-74(79)61-57-53-49-45-41-37-31-27-23-19-15-11-7-3)94-77(82)64-60-56-52-48-44-40-36-34-30-26-22-18-14-10-6-2/h21-22,25-27,31,33-36,71-73,78H,5-20,23-24,28-30,32,37-70H2,1-4H3,(H,83,84)(H,85,86)/b25-21-,26-22-,31-27-,35-33-,36-34-/t71-,72+,73+/m0/s1. The van der Waals surface area contributed by atoms with E-state index in [1.807, 2.05) is 0 Å². The molecule has 2 unspecified atom stereocenters. The van der Waals surface area contributed by atoms with Crippen LogP contribution in [0.3, 0.4) is 0 Å². The molecule has 0 aromatic carbocycles. The highest BCUT2D eigenvalue weighted by Crippen LogP contribution is 2.45. The van der Waals surface area contributed by atoms with Crippen molar-refractivity contribution in [2.75, 3.05) is 39.6 Å². The number of ether oxygens (including phenoxy) is 4. The molecule has 0 spiro atoms. The Hall–Kier alpha value is -3.24. The maximum atomic E-state index is 13.1. The van der Waals surface area contributed by atoms with Gasteiger partial charge in [-0.05, 0) is 116 Å². The van der Waals surface area contributed by atoms with E-state index in [9.17, 15) is 43.2 Å². The van der Waals surface area contributed by atoms with Gasteiger partial charge in [0.1, 0.15) is 19.3 Å². The van der Waals surface area contributed by atoms with Gasteiger partial charge in [-0.2, -0.15) is 0 Å². The fourth-order valence-electron chi connectivity index (χ4n) is 10.5. The van der Waals surface area contributed by atoms with Crippen molar-refractivity contribution in [3.8, 4) is 0 Å². The summed E-state index contributed by atoms with van der Waals surface area (Å²) in [6, 6.07) is 0. The summed E-state index contributed by atoms with van der Waals surface area (Å²) in [4.78, 5) is 72.8. The zero-order valence-electron chi connectivity index (χ0n) is 61.1. The molecule has 19 heteroatoms. The Morgan fingerprint density at radius 1 is 0.292 bits per heavy atom. The second-order valence-corrected chi connectivity index (χ2v) is 28.9. The quantitative estimate of drug-likeness (QED) is 0.0169. The van der Waals surface area contributed by atoms with E-state index in [1.54, 1.807) is 0 Å². The van der Waals surface area contributed by atoms with Crippen LogP contribution in [0.2, 0.25) is 0 Å². The highest BCUT2D eigenvalue weighted by molar-refractivity contribution is 7.47. The third kappa shape index (κ3) is 69.2. The molecule has 3 N–H and O–H groups in total. The first-order valence-corrected chi connectivity index (χ1v) is 41.5. The first-order chi connectivity index (χ1) is 46.7. The predicted molar refractivity (Wildman–Crippen MR) is 390 cm³/mol. The minimum absolute atomic E-state index is 0.0809. The zero-order valence-corrected chi connectivity index (χ0v) is 62.8. The Morgan fingerprint density at radius 3 is 0.812 bits per heavy atom. The number of esters is 4. The van der Waals surface area contributed by atoms with Crippen LogP contribution < -0.4 is 0 Å². The monoisotopic (exact) mass is 1400 g/mol. The molecular formula is C77H140O17P2. The van der Waals surface area contributed by atoms with Crippen LogP contribution >= 0.6 is 15.6 Å². The summed E-state index contributed by atoms with van der Waals surface area (Å²) >= 11 is 0. The van der Waals surface area contributed by atoms with E-state index < -0.39 is 97.5 Å². The Morgan fingerprint density at radius 2 is 0.510 bits per heavy atom. The molecule has 0 saturated heterocycles. The van der Waals surface area contributed by atoms with Crippen LogP contribution in [0.15, 0.2) is 60.8 Å². The fraction of sp³-hybridized carbons (Fsp3) is 0.818. The Kier molecular flexibility index (Phi) is 67.8. The molecule has 0 aliphatic heterocycles. The lowest BCUT2D eigenvalue weighted by Crippen LogP contribution is -2.30. The molecule has 0 fully saturated rings. The average Bonchev–Trinajstić information content (AvgIpc) is 1.17. The average molecular weight is 1400 g/mol. The zero-order chi connectivity index (χ0) is 70.4. The van der Waals surface area contributed by atoms with E-state index >= 15 is 0 Å². The summed E-state index contributed by atoms with van der Waals surface area (Å²) in [5.41, 5.74) is 0.